The second-order valence-corrected chi connectivity index (χ2v) is 3.76. The first-order chi connectivity index (χ1) is 8.00. The van der Waals surface area contributed by atoms with Crippen LogP contribution < -0.4 is 10.6 Å². The molecule has 2 aromatic rings. The molecule has 0 saturated carbocycles. The summed E-state index contributed by atoms with van der Waals surface area (Å²) in [6.45, 7) is 0. The number of nitrogens with zero attached hydrogens (tertiary/aromatic N) is 2. The molecule has 2 N–H and O–H groups in total. The Bertz CT molecular complexity index is 552. The van der Waals surface area contributed by atoms with Crippen LogP contribution in [0.1, 0.15) is 0 Å². The minimum absolute atomic E-state index is 0.0375. The second kappa shape index (κ2) is 4.04. The van der Waals surface area contributed by atoms with Crippen molar-refractivity contribution in [2.75, 3.05) is 24.7 Å². The molecular formula is C11H11F2N3O. The summed E-state index contributed by atoms with van der Waals surface area (Å²) < 4.78 is 32.1. The van der Waals surface area contributed by atoms with E-state index in [9.17, 15) is 8.78 Å². The van der Waals surface area contributed by atoms with E-state index in [-0.39, 0.29) is 22.8 Å². The number of aromatic nitrogens is 1. The number of hydrogen-bond acceptors (Lipinski definition) is 4. The molecule has 1 aromatic carbocycles. The number of nitrogens with two attached hydrogens (primary N) is 1. The lowest BCUT2D eigenvalue weighted by molar-refractivity contribution is 0.438. The molecule has 0 amide bonds. The highest BCUT2D eigenvalue weighted by molar-refractivity contribution is 5.77. The van der Waals surface area contributed by atoms with Gasteiger partial charge in [-0.25, -0.2) is 8.78 Å². The van der Waals surface area contributed by atoms with Gasteiger partial charge in [0.1, 0.15) is 17.3 Å². The van der Waals surface area contributed by atoms with E-state index in [0.29, 0.717) is 0 Å². The van der Waals surface area contributed by atoms with Gasteiger partial charge >= 0.3 is 0 Å². The number of hydrogen-bond donors (Lipinski definition) is 1. The lowest BCUT2D eigenvalue weighted by Gasteiger charge is -2.17. The Morgan fingerprint density at radius 2 is 1.88 bits per heavy atom. The molecule has 0 aliphatic heterocycles. The Labute approximate surface area is 96.6 Å². The van der Waals surface area contributed by atoms with E-state index >= 15 is 0 Å². The normalized spacial score (nSPS) is 10.6. The summed E-state index contributed by atoms with van der Waals surface area (Å²) in [5, 5.41) is 3.60. The predicted octanol–water partition coefficient (Wildman–Crippen LogP) is 2.27. The van der Waals surface area contributed by atoms with Gasteiger partial charge in [-0.3, -0.25) is 0 Å². The fourth-order valence-electron chi connectivity index (χ4n) is 1.63. The molecule has 1 heterocycles. The smallest absolute Gasteiger partial charge is 0.222 e. The van der Waals surface area contributed by atoms with Gasteiger partial charge in [-0.2, -0.15) is 0 Å². The van der Waals surface area contributed by atoms with Crippen molar-refractivity contribution in [2.24, 2.45) is 0 Å². The van der Waals surface area contributed by atoms with Crippen LogP contribution in [0.15, 0.2) is 22.7 Å². The number of halogens is 2. The third kappa shape index (κ3) is 1.93. The standard InChI is InChI=1S/C11H11F2N3O/c1-16(2)11-7(13)4-3-6(12)10(11)8-5-9(14)17-15-8/h3-5H,14H2,1-2H3. The highest BCUT2D eigenvalue weighted by Crippen LogP contribution is 2.34. The highest BCUT2D eigenvalue weighted by Gasteiger charge is 2.20. The van der Waals surface area contributed by atoms with Gasteiger partial charge in [0.15, 0.2) is 0 Å². The van der Waals surface area contributed by atoms with Crippen LogP contribution in [0.4, 0.5) is 20.4 Å². The molecular weight excluding hydrogens is 228 g/mol. The van der Waals surface area contributed by atoms with Gasteiger partial charge in [0.2, 0.25) is 5.88 Å². The van der Waals surface area contributed by atoms with Crippen molar-refractivity contribution in [3.8, 4) is 11.3 Å². The van der Waals surface area contributed by atoms with Crippen molar-refractivity contribution < 1.29 is 13.3 Å². The van der Waals surface area contributed by atoms with Crippen molar-refractivity contribution in [3.05, 3.63) is 29.8 Å². The average molecular weight is 239 g/mol. The Kier molecular flexibility index (Phi) is 2.71. The first-order valence-electron chi connectivity index (χ1n) is 4.88. The third-order valence-corrected chi connectivity index (χ3v) is 2.31. The number of anilines is 2. The molecule has 0 fully saturated rings. The number of rotatable bonds is 2. The molecule has 1 aromatic heterocycles. The van der Waals surface area contributed by atoms with Crippen LogP contribution in [0.25, 0.3) is 11.3 Å². The largest absolute Gasteiger partial charge is 0.375 e. The van der Waals surface area contributed by atoms with E-state index in [0.717, 1.165) is 12.1 Å². The van der Waals surface area contributed by atoms with Gasteiger partial charge < -0.3 is 15.2 Å². The molecule has 0 spiro atoms. The van der Waals surface area contributed by atoms with Gasteiger partial charge in [-0.05, 0) is 12.1 Å². The maximum atomic E-state index is 13.8. The summed E-state index contributed by atoms with van der Waals surface area (Å²) in [6.07, 6.45) is 0. The molecule has 0 aliphatic rings. The van der Waals surface area contributed by atoms with Crippen molar-refractivity contribution in [1.82, 2.24) is 5.16 Å². The summed E-state index contributed by atoms with van der Waals surface area (Å²) in [5.74, 6) is -1.07. The van der Waals surface area contributed by atoms with Crippen LogP contribution in [0, 0.1) is 11.6 Å². The van der Waals surface area contributed by atoms with Crippen LogP contribution in [0.3, 0.4) is 0 Å². The van der Waals surface area contributed by atoms with E-state index < -0.39 is 11.6 Å². The van der Waals surface area contributed by atoms with Gasteiger partial charge in [0, 0.05) is 20.2 Å². The molecule has 6 heteroatoms. The maximum absolute atomic E-state index is 13.8. The van der Waals surface area contributed by atoms with Crippen molar-refractivity contribution in [1.29, 1.82) is 0 Å². The average Bonchev–Trinajstić information content (AvgIpc) is 2.67. The molecule has 0 aliphatic carbocycles. The summed E-state index contributed by atoms with van der Waals surface area (Å²) in [4.78, 5) is 1.47. The van der Waals surface area contributed by atoms with Gasteiger partial charge in [0.05, 0.1) is 11.3 Å². The number of nitrogen functional groups attached to an aromatic ring is 1. The minimum Gasteiger partial charge on any atom is -0.375 e. The number of benzene rings is 1. The SMILES string of the molecule is CN(C)c1c(F)ccc(F)c1-c1cc(N)on1. The van der Waals surface area contributed by atoms with Gasteiger partial charge in [-0.1, -0.05) is 5.16 Å². The molecule has 0 bridgehead atoms. The van der Waals surface area contributed by atoms with Crippen LogP contribution in [0.2, 0.25) is 0 Å². The fourth-order valence-corrected chi connectivity index (χ4v) is 1.63. The zero-order valence-corrected chi connectivity index (χ0v) is 9.37. The van der Waals surface area contributed by atoms with Gasteiger partial charge in [0.25, 0.3) is 0 Å². The molecule has 0 unspecified atom stereocenters. The van der Waals surface area contributed by atoms with Crippen LogP contribution in [-0.4, -0.2) is 19.3 Å². The molecule has 2 rings (SSSR count). The highest BCUT2D eigenvalue weighted by atomic mass is 19.1. The van der Waals surface area contributed by atoms with Crippen molar-refractivity contribution in [2.45, 2.75) is 0 Å². The topological polar surface area (TPSA) is 55.3 Å². The minimum atomic E-state index is -0.580. The quantitative estimate of drug-likeness (QED) is 0.873. The van der Waals surface area contributed by atoms with Crippen molar-refractivity contribution in [3.63, 3.8) is 0 Å². The molecule has 90 valence electrons. The second-order valence-electron chi connectivity index (χ2n) is 3.76. The summed E-state index contributed by atoms with van der Waals surface area (Å²) in [6, 6.07) is 3.46. The Hall–Kier alpha value is -2.11. The Balaban J connectivity index is 2.71. The first-order valence-corrected chi connectivity index (χ1v) is 4.88. The summed E-state index contributed by atoms with van der Waals surface area (Å²) >= 11 is 0. The van der Waals surface area contributed by atoms with E-state index in [4.69, 9.17) is 5.73 Å². The summed E-state index contributed by atoms with van der Waals surface area (Å²) in [7, 11) is 3.23. The zero-order valence-electron chi connectivity index (χ0n) is 9.37. The van der Waals surface area contributed by atoms with E-state index in [1.54, 1.807) is 14.1 Å². The predicted molar refractivity (Wildman–Crippen MR) is 60.6 cm³/mol. The van der Waals surface area contributed by atoms with E-state index in [1.807, 2.05) is 0 Å². The van der Waals surface area contributed by atoms with Crippen LogP contribution >= 0.6 is 0 Å². The monoisotopic (exact) mass is 239 g/mol. The summed E-state index contributed by atoms with van der Waals surface area (Å²) in [5.41, 5.74) is 5.69. The Morgan fingerprint density at radius 1 is 1.24 bits per heavy atom. The fraction of sp³-hybridized carbons (Fsp3) is 0.182. The lowest BCUT2D eigenvalue weighted by atomic mass is 10.1. The lowest BCUT2D eigenvalue weighted by Crippen LogP contribution is -2.13. The molecule has 0 radical (unpaired) electrons. The zero-order chi connectivity index (χ0) is 12.6. The Morgan fingerprint density at radius 3 is 2.41 bits per heavy atom. The maximum Gasteiger partial charge on any atom is 0.222 e. The molecule has 0 saturated heterocycles. The van der Waals surface area contributed by atoms with Crippen molar-refractivity contribution >= 4 is 11.6 Å². The first kappa shape index (κ1) is 11.4. The molecule has 0 atom stereocenters. The van der Waals surface area contributed by atoms with Gasteiger partial charge in [-0.15, -0.1) is 0 Å². The molecule has 17 heavy (non-hydrogen) atoms. The van der Waals surface area contributed by atoms with Crippen LogP contribution in [0.5, 0.6) is 0 Å². The molecule has 4 nitrogen and oxygen atoms in total. The van der Waals surface area contributed by atoms with E-state index in [1.165, 1.54) is 11.0 Å². The van der Waals surface area contributed by atoms with Crippen LogP contribution in [-0.2, 0) is 0 Å². The third-order valence-electron chi connectivity index (χ3n) is 2.31. The van der Waals surface area contributed by atoms with E-state index in [2.05, 4.69) is 9.68 Å².